The predicted molar refractivity (Wildman–Crippen MR) is 111 cm³/mol. The molecule has 1 fully saturated rings. The van der Waals surface area contributed by atoms with Gasteiger partial charge in [-0.3, -0.25) is 9.59 Å². The monoisotopic (exact) mass is 414 g/mol. The number of carboxylic acid groups (broad SMARTS) is 1. The van der Waals surface area contributed by atoms with E-state index in [4.69, 9.17) is 5.11 Å². The highest BCUT2D eigenvalue weighted by atomic mass is 19.3. The number of rotatable bonds is 5. The fourth-order valence-corrected chi connectivity index (χ4v) is 5.71. The molecule has 3 atom stereocenters. The first-order chi connectivity index (χ1) is 14.2. The molecule has 1 aromatic rings. The minimum absolute atomic E-state index is 0.0430. The first-order valence-corrected chi connectivity index (χ1v) is 10.9. The molecule has 1 unspecified atom stereocenters. The largest absolute Gasteiger partial charge is 0.481 e. The molecule has 0 spiro atoms. The molecular weight excluding hydrogens is 386 g/mol. The van der Waals surface area contributed by atoms with Crippen molar-refractivity contribution in [2.75, 3.05) is 0 Å². The zero-order valence-corrected chi connectivity index (χ0v) is 17.6. The van der Waals surface area contributed by atoms with Crippen LogP contribution in [0.25, 0.3) is 5.57 Å². The van der Waals surface area contributed by atoms with E-state index in [-0.39, 0.29) is 23.7 Å². The van der Waals surface area contributed by atoms with Gasteiger partial charge in [0.25, 0.3) is 6.08 Å². The van der Waals surface area contributed by atoms with Crippen LogP contribution in [0, 0.1) is 17.3 Å². The van der Waals surface area contributed by atoms with Crippen LogP contribution < -0.4 is 0 Å². The molecule has 3 aliphatic rings. The highest BCUT2D eigenvalue weighted by Crippen LogP contribution is 2.59. The van der Waals surface area contributed by atoms with Crippen molar-refractivity contribution in [3.8, 4) is 0 Å². The Balaban J connectivity index is 1.61. The fraction of sp³-hybridized carbons (Fsp3) is 0.520. The average molecular weight is 414 g/mol. The molecule has 0 aromatic heterocycles. The maximum Gasteiger partial charge on any atom is 0.306 e. The summed E-state index contributed by atoms with van der Waals surface area (Å²) in [6, 6.07) is 6.39. The maximum absolute atomic E-state index is 13.7. The van der Waals surface area contributed by atoms with E-state index in [1.54, 1.807) is 6.92 Å². The molecule has 0 bridgehead atoms. The van der Waals surface area contributed by atoms with E-state index >= 15 is 0 Å². The number of Topliss-reactive ketones (excluding diaryl/α,β-unsaturated/α-hetero) is 1. The lowest BCUT2D eigenvalue weighted by molar-refractivity contribution is -0.141. The summed E-state index contributed by atoms with van der Waals surface area (Å²) in [6.07, 6.45) is 3.45. The van der Waals surface area contributed by atoms with Gasteiger partial charge in [-0.15, -0.1) is 0 Å². The average Bonchev–Trinajstić information content (AvgIpc) is 2.98. The highest BCUT2D eigenvalue weighted by Gasteiger charge is 2.54. The van der Waals surface area contributed by atoms with Crippen molar-refractivity contribution in [2.45, 2.75) is 65.2 Å². The van der Waals surface area contributed by atoms with Crippen molar-refractivity contribution >= 4 is 17.3 Å². The van der Waals surface area contributed by atoms with Crippen LogP contribution >= 0.6 is 0 Å². The number of halogens is 2. The van der Waals surface area contributed by atoms with Crippen molar-refractivity contribution in [1.82, 2.24) is 0 Å². The lowest BCUT2D eigenvalue weighted by atomic mass is 9.62. The molecule has 160 valence electrons. The standard InChI is InChI=1S/C25H28F2O3/c1-14(24(29)30)4-3-5-15-6-8-17-16(12-15)7-9-19-18(17)10-11-25(2)21(28)13-20(22(19)25)23(26)27/h6,8,12,14,22H,3-5,7,9-11,13H2,1-2H3,(H,29,30)/t14?,22-,25+/m0/s1. The van der Waals surface area contributed by atoms with Crippen LogP contribution in [0.15, 0.2) is 35.4 Å². The van der Waals surface area contributed by atoms with Crippen molar-refractivity contribution in [1.29, 1.82) is 0 Å². The minimum Gasteiger partial charge on any atom is -0.481 e. The van der Waals surface area contributed by atoms with E-state index in [2.05, 4.69) is 18.2 Å². The zero-order valence-electron chi connectivity index (χ0n) is 17.6. The molecule has 0 amide bonds. The molecule has 0 heterocycles. The summed E-state index contributed by atoms with van der Waals surface area (Å²) in [4.78, 5) is 23.6. The topological polar surface area (TPSA) is 54.4 Å². The summed E-state index contributed by atoms with van der Waals surface area (Å²) in [5.74, 6) is -1.57. The van der Waals surface area contributed by atoms with E-state index in [0.717, 1.165) is 43.2 Å². The van der Waals surface area contributed by atoms with Crippen LogP contribution in [0.1, 0.15) is 69.1 Å². The Morgan fingerprint density at radius 3 is 2.73 bits per heavy atom. The number of allylic oxidation sites excluding steroid dienone is 3. The van der Waals surface area contributed by atoms with Gasteiger partial charge in [0.2, 0.25) is 0 Å². The summed E-state index contributed by atoms with van der Waals surface area (Å²) in [5.41, 5.74) is 5.17. The molecule has 30 heavy (non-hydrogen) atoms. The zero-order chi connectivity index (χ0) is 21.6. The van der Waals surface area contributed by atoms with Crippen LogP contribution in [0.4, 0.5) is 8.78 Å². The van der Waals surface area contributed by atoms with Gasteiger partial charge in [0, 0.05) is 23.3 Å². The number of ketones is 1. The van der Waals surface area contributed by atoms with Crippen molar-refractivity contribution in [3.63, 3.8) is 0 Å². The van der Waals surface area contributed by atoms with E-state index in [9.17, 15) is 18.4 Å². The Morgan fingerprint density at radius 1 is 1.27 bits per heavy atom. The Labute approximate surface area is 175 Å². The van der Waals surface area contributed by atoms with Crippen LogP contribution in [0.2, 0.25) is 0 Å². The smallest absolute Gasteiger partial charge is 0.306 e. The van der Waals surface area contributed by atoms with Crippen LogP contribution in [-0.2, 0) is 22.4 Å². The van der Waals surface area contributed by atoms with Gasteiger partial charge in [0.15, 0.2) is 0 Å². The van der Waals surface area contributed by atoms with Gasteiger partial charge in [-0.1, -0.05) is 37.6 Å². The number of benzene rings is 1. The summed E-state index contributed by atoms with van der Waals surface area (Å²) in [5, 5.41) is 9.02. The molecule has 3 nitrogen and oxygen atoms in total. The third kappa shape index (κ3) is 3.42. The second kappa shape index (κ2) is 7.75. The second-order valence-corrected chi connectivity index (χ2v) is 9.36. The molecule has 5 heteroatoms. The number of hydrogen-bond acceptors (Lipinski definition) is 2. The summed E-state index contributed by atoms with van der Waals surface area (Å²) in [6.45, 7) is 3.60. The molecule has 3 aliphatic carbocycles. The minimum atomic E-state index is -1.68. The molecule has 0 aliphatic heterocycles. The Morgan fingerprint density at radius 2 is 2.03 bits per heavy atom. The number of carbonyl (C=O) groups excluding carboxylic acids is 1. The van der Waals surface area contributed by atoms with Gasteiger partial charge in [0.05, 0.1) is 5.92 Å². The Hall–Kier alpha value is -2.30. The van der Waals surface area contributed by atoms with E-state index in [1.807, 2.05) is 6.92 Å². The van der Waals surface area contributed by atoms with Gasteiger partial charge in [-0.25, -0.2) is 0 Å². The van der Waals surface area contributed by atoms with Gasteiger partial charge in [-0.2, -0.15) is 8.78 Å². The maximum atomic E-state index is 13.7. The van der Waals surface area contributed by atoms with Gasteiger partial charge < -0.3 is 5.11 Å². The molecule has 1 saturated carbocycles. The molecule has 1 aromatic carbocycles. The lowest BCUT2D eigenvalue weighted by Gasteiger charge is -2.41. The normalized spacial score (nSPS) is 26.2. The van der Waals surface area contributed by atoms with E-state index in [0.29, 0.717) is 12.8 Å². The van der Waals surface area contributed by atoms with E-state index in [1.165, 1.54) is 16.7 Å². The van der Waals surface area contributed by atoms with Gasteiger partial charge >= 0.3 is 5.97 Å². The number of aliphatic carboxylic acids is 1. The summed E-state index contributed by atoms with van der Waals surface area (Å²) >= 11 is 0. The predicted octanol–water partition coefficient (Wildman–Crippen LogP) is 5.97. The quantitative estimate of drug-likeness (QED) is 0.646. The highest BCUT2D eigenvalue weighted by molar-refractivity contribution is 5.94. The second-order valence-electron chi connectivity index (χ2n) is 9.36. The van der Waals surface area contributed by atoms with Crippen molar-refractivity contribution < 1.29 is 23.5 Å². The first kappa shape index (κ1) is 21.0. The van der Waals surface area contributed by atoms with Crippen LogP contribution in [0.3, 0.4) is 0 Å². The number of fused-ring (bicyclic) bond motifs is 4. The summed E-state index contributed by atoms with van der Waals surface area (Å²) < 4.78 is 27.3. The Bertz CT molecular complexity index is 971. The molecule has 0 radical (unpaired) electrons. The molecule has 4 rings (SSSR count). The van der Waals surface area contributed by atoms with Crippen LogP contribution in [0.5, 0.6) is 0 Å². The molecule has 1 N–H and O–H groups in total. The number of hydrogen-bond donors (Lipinski definition) is 1. The lowest BCUT2D eigenvalue weighted by Crippen LogP contribution is -2.35. The van der Waals surface area contributed by atoms with Crippen LogP contribution in [-0.4, -0.2) is 16.9 Å². The van der Waals surface area contributed by atoms with Gasteiger partial charge in [0.1, 0.15) is 5.78 Å². The van der Waals surface area contributed by atoms with Crippen molar-refractivity contribution in [3.05, 3.63) is 52.1 Å². The molecular formula is C25H28F2O3. The number of aryl methyl sites for hydroxylation is 2. The number of carboxylic acids is 1. The third-order valence-corrected chi connectivity index (χ3v) is 7.53. The summed E-state index contributed by atoms with van der Waals surface area (Å²) in [7, 11) is 0. The Kier molecular flexibility index (Phi) is 5.41. The van der Waals surface area contributed by atoms with Crippen molar-refractivity contribution in [2.24, 2.45) is 17.3 Å². The molecule has 0 saturated heterocycles. The first-order valence-electron chi connectivity index (χ1n) is 10.9. The SMILES string of the molecule is CC(CCCc1ccc2c(c1)CCC1=C2CC[C@]2(C)C(=O)CC(=C(F)F)[C@H]12)C(=O)O. The third-order valence-electron chi connectivity index (χ3n) is 7.53. The fourth-order valence-electron chi connectivity index (χ4n) is 5.71. The van der Waals surface area contributed by atoms with Gasteiger partial charge in [-0.05, 0) is 67.2 Å². The van der Waals surface area contributed by atoms with E-state index < -0.39 is 23.4 Å². The number of carbonyl (C=O) groups is 2.